The maximum atomic E-state index is 12.6. The summed E-state index contributed by atoms with van der Waals surface area (Å²) in [6.45, 7) is 0. The van der Waals surface area contributed by atoms with Crippen LogP contribution in [0.4, 0.5) is 4.69 Å². The van der Waals surface area contributed by atoms with E-state index in [1.165, 1.54) is 0 Å². The van der Waals surface area contributed by atoms with Gasteiger partial charge in [0.25, 0.3) is 0 Å². The second-order valence-corrected chi connectivity index (χ2v) is 9.09. The van der Waals surface area contributed by atoms with Crippen molar-refractivity contribution in [2.24, 2.45) is 0 Å². The quantitative estimate of drug-likeness (QED) is 0.220. The predicted molar refractivity (Wildman–Crippen MR) is 117 cm³/mol. The van der Waals surface area contributed by atoms with E-state index < -0.39 is 23.2 Å². The summed E-state index contributed by atoms with van der Waals surface area (Å²) in [5.41, 5.74) is 2.69. The first kappa shape index (κ1) is 20.5. The van der Waals surface area contributed by atoms with E-state index in [0.29, 0.717) is 11.1 Å². The number of phenols is 4. The van der Waals surface area contributed by atoms with Gasteiger partial charge in [0.05, 0.1) is 0 Å². The molecule has 5 N–H and O–H groups in total. The number of anilines is 1. The van der Waals surface area contributed by atoms with Gasteiger partial charge in [0.2, 0.25) is 0 Å². The molecule has 0 aliphatic rings. The van der Waals surface area contributed by atoms with Gasteiger partial charge in [-0.25, -0.2) is 0 Å². The third-order valence-electron chi connectivity index (χ3n) is 4.60. The van der Waals surface area contributed by atoms with E-state index in [9.17, 15) is 25.2 Å². The Labute approximate surface area is 183 Å². The van der Waals surface area contributed by atoms with E-state index >= 15 is 0 Å². The van der Waals surface area contributed by atoms with Crippen LogP contribution >= 0.6 is 0 Å². The molecule has 0 radical (unpaired) electrons. The van der Waals surface area contributed by atoms with Crippen LogP contribution in [0.3, 0.4) is 0 Å². The summed E-state index contributed by atoms with van der Waals surface area (Å²) in [5.74, 6) is -2.26. The van der Waals surface area contributed by atoms with Gasteiger partial charge in [-0.15, -0.1) is 0 Å². The molecule has 4 aromatic rings. The Morgan fingerprint density at radius 2 is 1.55 bits per heavy atom. The normalized spacial score (nSPS) is 10.7. The number of nitrogens with zero attached hydrogens (tertiary/aromatic N) is 1. The van der Waals surface area contributed by atoms with Crippen LogP contribution in [0, 0.1) is 0 Å². The van der Waals surface area contributed by atoms with Gasteiger partial charge in [-0.3, -0.25) is 0 Å². The monoisotopic (exact) mass is 482 g/mol. The second-order valence-electron chi connectivity index (χ2n) is 6.82. The number of hydrogen-bond donors (Lipinski definition) is 5. The van der Waals surface area contributed by atoms with E-state index in [-0.39, 0.29) is 25.8 Å². The van der Waals surface area contributed by atoms with Crippen molar-refractivity contribution in [3.05, 3.63) is 82.3 Å². The number of benzene rings is 3. The summed E-state index contributed by atoms with van der Waals surface area (Å²) in [6.07, 6.45) is 0.667. The van der Waals surface area contributed by atoms with Crippen LogP contribution in [0.1, 0.15) is 20.4 Å². The molecule has 156 valence electrons. The van der Waals surface area contributed by atoms with Crippen LogP contribution in [-0.2, 0) is 6.42 Å². The molecule has 0 atom stereocenters. The molecule has 1 amide bonds. The van der Waals surface area contributed by atoms with E-state index in [1.807, 2.05) is 30.3 Å². The molecule has 0 saturated heterocycles. The molecule has 0 bridgehead atoms. The first-order chi connectivity index (χ1) is 14.9. The van der Waals surface area contributed by atoms with Crippen molar-refractivity contribution >= 4 is 25.1 Å². The first-order valence-corrected chi connectivity index (χ1v) is 11.0. The van der Waals surface area contributed by atoms with Crippen molar-refractivity contribution in [3.63, 3.8) is 0 Å². The van der Waals surface area contributed by atoms with E-state index in [1.54, 1.807) is 24.3 Å². The molecule has 0 aliphatic carbocycles. The number of carbonyl (C=O) groups excluding carboxylic acids is 1. The number of aromatic hydroxyl groups is 4. The Morgan fingerprint density at radius 3 is 2.19 bits per heavy atom. The predicted octanol–water partition coefficient (Wildman–Crippen LogP) is 3.47. The zero-order valence-electron chi connectivity index (χ0n) is 16.1. The third-order valence-corrected chi connectivity index (χ3v) is 6.63. The van der Waals surface area contributed by atoms with Gasteiger partial charge in [-0.2, -0.15) is 0 Å². The summed E-state index contributed by atoms with van der Waals surface area (Å²) >= 11 is -0.264. The van der Waals surface area contributed by atoms with Crippen LogP contribution in [0.25, 0.3) is 11.3 Å². The fourth-order valence-corrected chi connectivity index (χ4v) is 5.18. The SMILES string of the molecule is O=C(Nc1nc(-c2ccc(O)cc2)c(Cc2ccccc2)[se]1)c1cc(O)c(O)c(O)c1. The van der Waals surface area contributed by atoms with Gasteiger partial charge in [0.1, 0.15) is 0 Å². The van der Waals surface area contributed by atoms with Crippen molar-refractivity contribution < 1.29 is 25.2 Å². The topological polar surface area (TPSA) is 123 Å². The number of aromatic nitrogens is 1. The molecular formula is C23H18N2O5Se. The fourth-order valence-electron chi connectivity index (χ4n) is 3.06. The van der Waals surface area contributed by atoms with Gasteiger partial charge >= 0.3 is 184 Å². The Kier molecular flexibility index (Phi) is 5.66. The Bertz CT molecular complexity index is 1210. The third kappa shape index (κ3) is 4.55. The van der Waals surface area contributed by atoms with Crippen LogP contribution < -0.4 is 5.32 Å². The van der Waals surface area contributed by atoms with Crippen LogP contribution in [0.5, 0.6) is 23.0 Å². The molecule has 7 nitrogen and oxygen atoms in total. The van der Waals surface area contributed by atoms with Crippen molar-refractivity contribution in [2.45, 2.75) is 6.42 Å². The van der Waals surface area contributed by atoms with Gasteiger partial charge in [0, 0.05) is 0 Å². The van der Waals surface area contributed by atoms with E-state index in [2.05, 4.69) is 10.3 Å². The summed E-state index contributed by atoms with van der Waals surface area (Å²) in [5, 5.41) is 41.1. The molecule has 0 saturated carbocycles. The van der Waals surface area contributed by atoms with E-state index in [4.69, 9.17) is 0 Å². The van der Waals surface area contributed by atoms with Gasteiger partial charge in [0.15, 0.2) is 0 Å². The van der Waals surface area contributed by atoms with Gasteiger partial charge < -0.3 is 0 Å². The molecular weight excluding hydrogens is 463 g/mol. The molecule has 4 rings (SSSR count). The standard InChI is InChI=1S/C23H18N2O5Se/c26-16-8-6-14(7-9-16)20-19(10-13-4-2-1-3-5-13)31-23(24-20)25-22(30)15-11-17(27)21(29)18(28)12-15/h1-9,11-12,26-29H,10H2,(H,24,25,30). The number of amides is 1. The molecule has 1 aromatic heterocycles. The fraction of sp³-hybridized carbons (Fsp3) is 0.0435. The Morgan fingerprint density at radius 1 is 0.903 bits per heavy atom. The molecule has 0 spiro atoms. The van der Waals surface area contributed by atoms with Crippen molar-refractivity contribution in [2.75, 3.05) is 5.32 Å². The van der Waals surface area contributed by atoms with Crippen LogP contribution in [0.2, 0.25) is 0 Å². The number of nitrogens with one attached hydrogen (secondary N) is 1. The average Bonchev–Trinajstić information content (AvgIpc) is 3.14. The zero-order chi connectivity index (χ0) is 22.0. The Hall–Kier alpha value is -3.74. The van der Waals surface area contributed by atoms with Crippen molar-refractivity contribution in [1.29, 1.82) is 0 Å². The second kappa shape index (κ2) is 8.55. The number of carbonyl (C=O) groups is 1. The Balaban J connectivity index is 1.67. The maximum absolute atomic E-state index is 12.6. The van der Waals surface area contributed by atoms with E-state index in [0.717, 1.165) is 33.4 Å². The molecule has 0 fully saturated rings. The number of rotatable bonds is 5. The molecule has 3 aromatic carbocycles. The number of phenolic OH excluding ortho intramolecular Hbond substituents is 4. The number of hydrogen-bond acceptors (Lipinski definition) is 6. The molecule has 1 heterocycles. The zero-order valence-corrected chi connectivity index (χ0v) is 17.8. The van der Waals surface area contributed by atoms with Gasteiger partial charge in [-0.05, 0) is 0 Å². The van der Waals surface area contributed by atoms with Crippen LogP contribution in [0.15, 0.2) is 66.7 Å². The average molecular weight is 481 g/mol. The van der Waals surface area contributed by atoms with Crippen molar-refractivity contribution in [3.8, 4) is 34.3 Å². The summed E-state index contributed by atoms with van der Waals surface area (Å²) in [6, 6.07) is 18.8. The van der Waals surface area contributed by atoms with Crippen molar-refractivity contribution in [1.82, 2.24) is 4.98 Å². The summed E-state index contributed by atoms with van der Waals surface area (Å²) in [4.78, 5) is 17.3. The molecule has 0 aliphatic heterocycles. The minimum atomic E-state index is -0.680. The molecule has 8 heteroatoms. The van der Waals surface area contributed by atoms with Gasteiger partial charge in [-0.1, -0.05) is 0 Å². The minimum absolute atomic E-state index is 0.00556. The summed E-state index contributed by atoms with van der Waals surface area (Å²) < 4.78 is 1.55. The molecule has 31 heavy (non-hydrogen) atoms. The summed E-state index contributed by atoms with van der Waals surface area (Å²) in [7, 11) is 0. The van der Waals surface area contributed by atoms with Crippen LogP contribution in [-0.4, -0.2) is 45.8 Å². The first-order valence-electron chi connectivity index (χ1n) is 9.30. The molecule has 0 unspecified atom stereocenters.